The molecule has 2 aromatic carbocycles. The van der Waals surface area contributed by atoms with Gasteiger partial charge in [0.05, 0.1) is 11.9 Å². The predicted octanol–water partition coefficient (Wildman–Crippen LogP) is 3.09. The third-order valence-corrected chi connectivity index (χ3v) is 6.82. The highest BCUT2D eigenvalue weighted by molar-refractivity contribution is 7.92. The summed E-state index contributed by atoms with van der Waals surface area (Å²) in [5.74, 6) is -0.162. The first-order chi connectivity index (χ1) is 14.5. The van der Waals surface area contributed by atoms with Crippen LogP contribution in [0.2, 0.25) is 0 Å². The van der Waals surface area contributed by atoms with E-state index in [2.05, 4.69) is 37.8 Å². The van der Waals surface area contributed by atoms with Crippen molar-refractivity contribution in [3.05, 3.63) is 65.7 Å². The van der Waals surface area contributed by atoms with Crippen LogP contribution in [0.25, 0.3) is 0 Å². The van der Waals surface area contributed by atoms with Gasteiger partial charge in [-0.2, -0.15) is 0 Å². The van der Waals surface area contributed by atoms with Gasteiger partial charge in [-0.15, -0.1) is 0 Å². The molecule has 0 aliphatic carbocycles. The zero-order chi connectivity index (χ0) is 22.6. The number of nitrogens with zero attached hydrogens (tertiary/aromatic N) is 3. The lowest BCUT2D eigenvalue weighted by Crippen LogP contribution is -2.51. The first-order valence-electron chi connectivity index (χ1n) is 10.7. The Morgan fingerprint density at radius 3 is 2.03 bits per heavy atom. The Morgan fingerprint density at radius 1 is 0.935 bits per heavy atom. The maximum atomic E-state index is 12.9. The monoisotopic (exact) mass is 443 g/mol. The Morgan fingerprint density at radius 2 is 1.52 bits per heavy atom. The molecule has 0 spiro atoms. The zero-order valence-electron chi connectivity index (χ0n) is 18.9. The molecule has 2 aromatic rings. The van der Waals surface area contributed by atoms with Crippen molar-refractivity contribution in [2.75, 3.05) is 43.3 Å². The Hall–Kier alpha value is -2.38. The van der Waals surface area contributed by atoms with E-state index >= 15 is 0 Å². The van der Waals surface area contributed by atoms with Crippen molar-refractivity contribution in [2.45, 2.75) is 32.7 Å². The minimum Gasteiger partial charge on any atom is -0.339 e. The van der Waals surface area contributed by atoms with Crippen LogP contribution in [0.1, 0.15) is 31.9 Å². The van der Waals surface area contributed by atoms with Crippen molar-refractivity contribution in [3.8, 4) is 0 Å². The van der Waals surface area contributed by atoms with E-state index in [1.165, 1.54) is 9.87 Å². The Balaban J connectivity index is 1.63. The number of hydrogen-bond donors (Lipinski definition) is 0. The minimum absolute atomic E-state index is 0.0241. The fraction of sp³-hybridized carbons (Fsp3) is 0.458. The largest absolute Gasteiger partial charge is 0.339 e. The normalized spacial score (nSPS) is 15.7. The topological polar surface area (TPSA) is 60.9 Å². The van der Waals surface area contributed by atoms with Crippen molar-refractivity contribution in [1.82, 2.24) is 9.80 Å². The van der Waals surface area contributed by atoms with E-state index in [0.717, 1.165) is 31.5 Å². The van der Waals surface area contributed by atoms with E-state index < -0.39 is 10.0 Å². The van der Waals surface area contributed by atoms with Crippen molar-refractivity contribution >= 4 is 21.6 Å². The molecule has 0 radical (unpaired) electrons. The van der Waals surface area contributed by atoms with Gasteiger partial charge in [0.25, 0.3) is 0 Å². The molecule has 1 aliphatic heterocycles. The molecule has 7 heteroatoms. The SMILES string of the molecule is CC(C)(C)c1ccc(N(CC(=O)N2CCN(Cc3ccccc3)CC2)S(C)(=O)=O)cc1. The molecule has 1 saturated heterocycles. The Bertz CT molecular complexity index is 975. The van der Waals surface area contributed by atoms with Crippen LogP contribution in [0.4, 0.5) is 5.69 Å². The van der Waals surface area contributed by atoms with Crippen LogP contribution in [0.5, 0.6) is 0 Å². The molecule has 1 heterocycles. The Labute approximate surface area is 186 Å². The lowest BCUT2D eigenvalue weighted by atomic mass is 9.87. The van der Waals surface area contributed by atoms with Crippen LogP contribution in [-0.4, -0.2) is 63.1 Å². The fourth-order valence-electron chi connectivity index (χ4n) is 3.75. The summed E-state index contributed by atoms with van der Waals surface area (Å²) in [7, 11) is -3.58. The number of anilines is 1. The van der Waals surface area contributed by atoms with Gasteiger partial charge >= 0.3 is 0 Å². The van der Waals surface area contributed by atoms with E-state index in [0.29, 0.717) is 18.8 Å². The van der Waals surface area contributed by atoms with Crippen molar-refractivity contribution in [3.63, 3.8) is 0 Å². The average Bonchev–Trinajstić information content (AvgIpc) is 2.72. The summed E-state index contributed by atoms with van der Waals surface area (Å²) in [5, 5.41) is 0. The number of piperazine rings is 1. The molecule has 0 atom stereocenters. The smallest absolute Gasteiger partial charge is 0.243 e. The predicted molar refractivity (Wildman–Crippen MR) is 126 cm³/mol. The van der Waals surface area contributed by atoms with Gasteiger partial charge in [-0.1, -0.05) is 63.2 Å². The first kappa shape index (κ1) is 23.3. The molecule has 1 amide bonds. The summed E-state index contributed by atoms with van der Waals surface area (Å²) in [6, 6.07) is 17.7. The van der Waals surface area contributed by atoms with Crippen LogP contribution < -0.4 is 4.31 Å². The number of sulfonamides is 1. The summed E-state index contributed by atoms with van der Waals surface area (Å²) in [5.41, 5.74) is 2.87. The zero-order valence-corrected chi connectivity index (χ0v) is 19.7. The second kappa shape index (κ2) is 9.40. The molecular weight excluding hydrogens is 410 g/mol. The van der Waals surface area contributed by atoms with Crippen LogP contribution in [0, 0.1) is 0 Å². The number of benzene rings is 2. The van der Waals surface area contributed by atoms with E-state index in [9.17, 15) is 13.2 Å². The molecule has 0 saturated carbocycles. The van der Waals surface area contributed by atoms with E-state index in [1.807, 2.05) is 30.3 Å². The van der Waals surface area contributed by atoms with E-state index in [-0.39, 0.29) is 17.9 Å². The molecular formula is C24H33N3O3S. The highest BCUT2D eigenvalue weighted by Crippen LogP contribution is 2.26. The van der Waals surface area contributed by atoms with Gasteiger partial charge in [-0.3, -0.25) is 14.0 Å². The summed E-state index contributed by atoms with van der Waals surface area (Å²) in [6.45, 7) is 9.77. The molecule has 6 nitrogen and oxygen atoms in total. The second-order valence-electron chi connectivity index (χ2n) is 9.21. The molecule has 0 aromatic heterocycles. The van der Waals surface area contributed by atoms with E-state index in [1.54, 1.807) is 17.0 Å². The molecule has 3 rings (SSSR count). The summed E-state index contributed by atoms with van der Waals surface area (Å²) in [4.78, 5) is 17.0. The molecule has 1 fully saturated rings. The number of carbonyl (C=O) groups excluding carboxylic acids is 1. The van der Waals surface area contributed by atoms with Crippen LogP contribution in [0.15, 0.2) is 54.6 Å². The van der Waals surface area contributed by atoms with Gasteiger partial charge in [0.15, 0.2) is 0 Å². The molecule has 31 heavy (non-hydrogen) atoms. The van der Waals surface area contributed by atoms with E-state index in [4.69, 9.17) is 0 Å². The lowest BCUT2D eigenvalue weighted by Gasteiger charge is -2.36. The van der Waals surface area contributed by atoms with Gasteiger partial charge in [0, 0.05) is 32.7 Å². The van der Waals surface area contributed by atoms with Crippen LogP contribution in [0.3, 0.4) is 0 Å². The number of rotatable bonds is 6. The van der Waals surface area contributed by atoms with Crippen LogP contribution in [-0.2, 0) is 26.8 Å². The molecule has 0 N–H and O–H groups in total. The number of amides is 1. The standard InChI is InChI=1S/C24H33N3O3S/c1-24(2,3)21-10-12-22(13-11-21)27(31(4,29)30)19-23(28)26-16-14-25(15-17-26)18-20-8-6-5-7-9-20/h5-13H,14-19H2,1-4H3. The first-order valence-corrected chi connectivity index (χ1v) is 12.5. The third kappa shape index (κ3) is 6.31. The third-order valence-electron chi connectivity index (χ3n) is 5.67. The molecule has 1 aliphatic rings. The van der Waals surface area contributed by atoms with Crippen molar-refractivity contribution < 1.29 is 13.2 Å². The number of carbonyl (C=O) groups is 1. The van der Waals surface area contributed by atoms with Gasteiger partial charge in [-0.25, -0.2) is 8.42 Å². The highest BCUT2D eigenvalue weighted by Gasteiger charge is 2.27. The second-order valence-corrected chi connectivity index (χ2v) is 11.1. The minimum atomic E-state index is -3.58. The van der Waals surface area contributed by atoms with Gasteiger partial charge in [0.2, 0.25) is 15.9 Å². The maximum absolute atomic E-state index is 12.9. The van der Waals surface area contributed by atoms with Gasteiger partial charge in [-0.05, 0) is 28.7 Å². The fourth-order valence-corrected chi connectivity index (χ4v) is 4.60. The number of hydrogen-bond acceptors (Lipinski definition) is 4. The summed E-state index contributed by atoms with van der Waals surface area (Å²) >= 11 is 0. The average molecular weight is 444 g/mol. The lowest BCUT2D eigenvalue weighted by molar-refractivity contribution is -0.131. The quantitative estimate of drug-likeness (QED) is 0.688. The highest BCUT2D eigenvalue weighted by atomic mass is 32.2. The molecule has 0 bridgehead atoms. The van der Waals surface area contributed by atoms with Crippen molar-refractivity contribution in [1.29, 1.82) is 0 Å². The van der Waals surface area contributed by atoms with Gasteiger partial charge in [0.1, 0.15) is 6.54 Å². The summed E-state index contributed by atoms with van der Waals surface area (Å²) in [6.07, 6.45) is 1.15. The van der Waals surface area contributed by atoms with Crippen molar-refractivity contribution in [2.24, 2.45) is 0 Å². The summed E-state index contributed by atoms with van der Waals surface area (Å²) < 4.78 is 26.1. The van der Waals surface area contributed by atoms with Gasteiger partial charge < -0.3 is 4.90 Å². The van der Waals surface area contributed by atoms with Crippen LogP contribution >= 0.6 is 0 Å². The molecule has 0 unspecified atom stereocenters. The maximum Gasteiger partial charge on any atom is 0.243 e. The Kier molecular flexibility index (Phi) is 7.06. The molecule has 168 valence electrons.